The van der Waals surface area contributed by atoms with Crippen molar-refractivity contribution in [3.8, 4) is 0 Å². The molecule has 0 spiro atoms. The first-order valence-corrected chi connectivity index (χ1v) is 7.80. The number of aliphatic hydroxyl groups excluding tert-OH is 1. The van der Waals surface area contributed by atoms with Crippen molar-refractivity contribution < 1.29 is 9.90 Å². The molecule has 0 heterocycles. The molecule has 1 amide bonds. The van der Waals surface area contributed by atoms with Crippen LogP contribution in [0.1, 0.15) is 44.5 Å². The topological polar surface area (TPSA) is 52.6 Å². The average Bonchev–Trinajstić information content (AvgIpc) is 2.48. The van der Waals surface area contributed by atoms with E-state index in [-0.39, 0.29) is 18.6 Å². The highest BCUT2D eigenvalue weighted by molar-refractivity contribution is 5.94. The zero-order valence-electron chi connectivity index (χ0n) is 13.6. The molecule has 0 aliphatic heterocycles. The van der Waals surface area contributed by atoms with Gasteiger partial charge in [0, 0.05) is 37.0 Å². The van der Waals surface area contributed by atoms with E-state index in [1.807, 2.05) is 38.1 Å². The van der Waals surface area contributed by atoms with Gasteiger partial charge in [0.05, 0.1) is 0 Å². The lowest BCUT2D eigenvalue weighted by Crippen LogP contribution is -2.39. The van der Waals surface area contributed by atoms with E-state index in [4.69, 9.17) is 5.11 Å². The lowest BCUT2D eigenvalue weighted by molar-refractivity contribution is 0.0916. The summed E-state index contributed by atoms with van der Waals surface area (Å²) in [6, 6.07) is 7.69. The van der Waals surface area contributed by atoms with Crippen LogP contribution in [0.15, 0.2) is 24.3 Å². The van der Waals surface area contributed by atoms with Crippen LogP contribution >= 0.6 is 0 Å². The van der Waals surface area contributed by atoms with E-state index in [1.165, 1.54) is 0 Å². The van der Waals surface area contributed by atoms with Gasteiger partial charge in [-0.15, -0.1) is 0 Å². The number of rotatable bonds is 8. The van der Waals surface area contributed by atoms with E-state index < -0.39 is 0 Å². The summed E-state index contributed by atoms with van der Waals surface area (Å²) in [6.07, 6.45) is 0.584. The fourth-order valence-corrected chi connectivity index (χ4v) is 2.38. The quantitative estimate of drug-likeness (QED) is 0.774. The molecular formula is C17H28N2O2. The molecule has 0 radical (unpaired) electrons. The fourth-order valence-electron chi connectivity index (χ4n) is 2.38. The molecule has 4 heteroatoms. The first kappa shape index (κ1) is 17.5. The number of hydrogen-bond acceptors (Lipinski definition) is 3. The Morgan fingerprint density at radius 1 is 1.19 bits per heavy atom. The minimum atomic E-state index is -0.0757. The molecule has 0 saturated heterocycles. The second kappa shape index (κ2) is 8.67. The Morgan fingerprint density at radius 3 is 2.19 bits per heavy atom. The third-order valence-corrected chi connectivity index (χ3v) is 3.82. The van der Waals surface area contributed by atoms with Crippen LogP contribution in [0, 0.1) is 5.92 Å². The van der Waals surface area contributed by atoms with Crippen molar-refractivity contribution in [2.45, 2.75) is 40.2 Å². The van der Waals surface area contributed by atoms with Crippen LogP contribution in [0.5, 0.6) is 0 Å². The molecule has 1 atom stereocenters. The Morgan fingerprint density at radius 2 is 1.76 bits per heavy atom. The van der Waals surface area contributed by atoms with Gasteiger partial charge in [0.1, 0.15) is 0 Å². The van der Waals surface area contributed by atoms with E-state index in [0.29, 0.717) is 17.9 Å². The van der Waals surface area contributed by atoms with Gasteiger partial charge >= 0.3 is 0 Å². The van der Waals surface area contributed by atoms with Crippen molar-refractivity contribution in [1.29, 1.82) is 0 Å². The second-order valence-electron chi connectivity index (χ2n) is 5.56. The van der Waals surface area contributed by atoms with E-state index >= 15 is 0 Å². The molecule has 0 aliphatic rings. The first-order valence-electron chi connectivity index (χ1n) is 7.80. The van der Waals surface area contributed by atoms with E-state index in [1.54, 1.807) is 0 Å². The third-order valence-electron chi connectivity index (χ3n) is 3.82. The van der Waals surface area contributed by atoms with E-state index in [0.717, 1.165) is 18.8 Å². The lowest BCUT2D eigenvalue weighted by atomic mass is 10.0. The minimum absolute atomic E-state index is 0.00459. The number of amides is 1. The Kier molecular flexibility index (Phi) is 7.23. The van der Waals surface area contributed by atoms with Crippen LogP contribution in [-0.2, 0) is 0 Å². The van der Waals surface area contributed by atoms with Gasteiger partial charge in [0.2, 0.25) is 0 Å². The molecule has 1 aromatic carbocycles. The second-order valence-corrected chi connectivity index (χ2v) is 5.56. The zero-order valence-corrected chi connectivity index (χ0v) is 13.6. The number of benzene rings is 1. The minimum Gasteiger partial charge on any atom is -0.396 e. The fraction of sp³-hybridized carbons (Fsp3) is 0.588. The summed E-state index contributed by atoms with van der Waals surface area (Å²) < 4.78 is 0. The van der Waals surface area contributed by atoms with E-state index in [9.17, 15) is 4.79 Å². The van der Waals surface area contributed by atoms with Crippen molar-refractivity contribution in [3.05, 3.63) is 29.8 Å². The number of carbonyl (C=O) groups is 1. The number of nitrogens with zero attached hydrogens (tertiary/aromatic N) is 1. The molecule has 1 aromatic rings. The SMILES string of the molecule is CCN(CC)c1ccc(C(=O)NC(CCO)C(C)C)cc1. The van der Waals surface area contributed by atoms with Crippen molar-refractivity contribution in [1.82, 2.24) is 5.32 Å². The van der Waals surface area contributed by atoms with Crippen molar-refractivity contribution in [2.24, 2.45) is 5.92 Å². The summed E-state index contributed by atoms with van der Waals surface area (Å²) in [5.41, 5.74) is 1.79. The molecule has 21 heavy (non-hydrogen) atoms. The molecule has 0 aromatic heterocycles. The van der Waals surface area contributed by atoms with Gasteiger partial charge < -0.3 is 15.3 Å². The molecule has 1 unspecified atom stereocenters. The molecule has 2 N–H and O–H groups in total. The lowest BCUT2D eigenvalue weighted by Gasteiger charge is -2.23. The first-order chi connectivity index (χ1) is 10.0. The smallest absolute Gasteiger partial charge is 0.251 e. The average molecular weight is 292 g/mol. The monoisotopic (exact) mass is 292 g/mol. The van der Waals surface area contributed by atoms with Crippen LogP contribution in [0.25, 0.3) is 0 Å². The zero-order chi connectivity index (χ0) is 15.8. The maximum atomic E-state index is 12.2. The predicted molar refractivity (Wildman–Crippen MR) is 87.8 cm³/mol. The third kappa shape index (κ3) is 5.05. The van der Waals surface area contributed by atoms with E-state index in [2.05, 4.69) is 24.1 Å². The summed E-state index contributed by atoms with van der Waals surface area (Å²) in [7, 11) is 0. The normalized spacial score (nSPS) is 12.3. The molecule has 1 rings (SSSR count). The van der Waals surface area contributed by atoms with Crippen LogP contribution < -0.4 is 10.2 Å². The summed E-state index contributed by atoms with van der Waals surface area (Å²) in [5, 5.41) is 12.1. The highest BCUT2D eigenvalue weighted by Gasteiger charge is 2.16. The number of carbonyl (C=O) groups excluding carboxylic acids is 1. The summed E-state index contributed by atoms with van der Waals surface area (Å²) in [5.74, 6) is 0.226. The number of hydrogen-bond donors (Lipinski definition) is 2. The van der Waals surface area contributed by atoms with Crippen LogP contribution in [-0.4, -0.2) is 36.8 Å². The molecule has 4 nitrogen and oxygen atoms in total. The Hall–Kier alpha value is -1.55. The maximum absolute atomic E-state index is 12.2. The predicted octanol–water partition coefficient (Wildman–Crippen LogP) is 2.67. The van der Waals surface area contributed by atoms with Gasteiger partial charge in [-0.1, -0.05) is 13.8 Å². The van der Waals surface area contributed by atoms with Crippen LogP contribution in [0.4, 0.5) is 5.69 Å². The maximum Gasteiger partial charge on any atom is 0.251 e. The molecule has 118 valence electrons. The van der Waals surface area contributed by atoms with Crippen molar-refractivity contribution >= 4 is 11.6 Å². The molecule has 0 aliphatic carbocycles. The molecule has 0 saturated carbocycles. The summed E-state index contributed by atoms with van der Waals surface area (Å²) in [6.45, 7) is 10.3. The van der Waals surface area contributed by atoms with Gasteiger partial charge in [-0.2, -0.15) is 0 Å². The Labute approximate surface area is 128 Å². The molecule has 0 bridgehead atoms. The van der Waals surface area contributed by atoms with Gasteiger partial charge in [0.25, 0.3) is 5.91 Å². The van der Waals surface area contributed by atoms with Gasteiger partial charge in [0.15, 0.2) is 0 Å². The van der Waals surface area contributed by atoms with Gasteiger partial charge in [-0.3, -0.25) is 4.79 Å². The molecular weight excluding hydrogens is 264 g/mol. The van der Waals surface area contributed by atoms with Crippen LogP contribution in [0.2, 0.25) is 0 Å². The number of anilines is 1. The highest BCUT2D eigenvalue weighted by atomic mass is 16.3. The number of nitrogens with one attached hydrogen (secondary N) is 1. The summed E-state index contributed by atoms with van der Waals surface area (Å²) >= 11 is 0. The Bertz CT molecular complexity index is 425. The van der Waals surface area contributed by atoms with Gasteiger partial charge in [-0.05, 0) is 50.5 Å². The standard InChI is InChI=1S/C17H28N2O2/c1-5-19(6-2)15-9-7-14(8-10-15)17(21)18-16(11-12-20)13(3)4/h7-10,13,16,20H,5-6,11-12H2,1-4H3,(H,18,21). The Balaban J connectivity index is 2.74. The largest absolute Gasteiger partial charge is 0.396 e. The summed E-state index contributed by atoms with van der Waals surface area (Å²) in [4.78, 5) is 14.5. The van der Waals surface area contributed by atoms with Crippen molar-refractivity contribution in [2.75, 3.05) is 24.6 Å². The van der Waals surface area contributed by atoms with Crippen molar-refractivity contribution in [3.63, 3.8) is 0 Å². The number of aliphatic hydroxyl groups is 1. The van der Waals surface area contributed by atoms with Gasteiger partial charge in [-0.25, -0.2) is 0 Å². The highest BCUT2D eigenvalue weighted by Crippen LogP contribution is 2.15. The van der Waals surface area contributed by atoms with Crippen LogP contribution in [0.3, 0.4) is 0 Å². The molecule has 0 fully saturated rings.